The molecule has 5 heteroatoms. The number of nitrogens with zero attached hydrogens (tertiary/aromatic N) is 2. The van der Waals surface area contributed by atoms with Gasteiger partial charge in [0.25, 0.3) is 0 Å². The fourth-order valence-electron chi connectivity index (χ4n) is 2.01. The largest absolute Gasteiger partial charge is 0.324 e. The zero-order chi connectivity index (χ0) is 13.3. The molecular weight excluding hydrogens is 314 g/mol. The summed E-state index contributed by atoms with van der Waals surface area (Å²) in [6, 6.07) is 7.88. The van der Waals surface area contributed by atoms with Gasteiger partial charge in [-0.1, -0.05) is 45.7 Å². The van der Waals surface area contributed by atoms with Gasteiger partial charge in [0.15, 0.2) is 0 Å². The Bertz CT molecular complexity index is 565. The normalized spacial score (nSPS) is 12.7. The Balaban J connectivity index is 2.27. The van der Waals surface area contributed by atoms with Gasteiger partial charge in [-0.25, -0.2) is 0 Å². The molecule has 0 saturated carbocycles. The first-order valence-corrected chi connectivity index (χ1v) is 6.85. The van der Waals surface area contributed by atoms with Crippen molar-refractivity contribution >= 4 is 27.5 Å². The Morgan fingerprint density at radius 2 is 2.11 bits per heavy atom. The van der Waals surface area contributed by atoms with Crippen molar-refractivity contribution in [2.24, 2.45) is 12.8 Å². The van der Waals surface area contributed by atoms with Gasteiger partial charge in [0.2, 0.25) is 0 Å². The van der Waals surface area contributed by atoms with Gasteiger partial charge < -0.3 is 5.73 Å². The Morgan fingerprint density at radius 3 is 2.67 bits per heavy atom. The van der Waals surface area contributed by atoms with E-state index >= 15 is 0 Å². The summed E-state index contributed by atoms with van der Waals surface area (Å²) in [5.74, 6) is 0. The van der Waals surface area contributed by atoms with Crippen LogP contribution in [-0.2, 0) is 13.5 Å². The van der Waals surface area contributed by atoms with E-state index in [1.54, 1.807) is 4.68 Å². The summed E-state index contributed by atoms with van der Waals surface area (Å²) < 4.78 is 2.70. The van der Waals surface area contributed by atoms with Crippen molar-refractivity contribution in [1.29, 1.82) is 0 Å². The van der Waals surface area contributed by atoms with Gasteiger partial charge in [-0.05, 0) is 25.0 Å². The zero-order valence-electron chi connectivity index (χ0n) is 10.3. The van der Waals surface area contributed by atoms with E-state index in [9.17, 15) is 0 Å². The molecule has 96 valence electrons. The highest BCUT2D eigenvalue weighted by Crippen LogP contribution is 2.28. The minimum atomic E-state index is -0.0963. The zero-order valence-corrected chi connectivity index (χ0v) is 12.7. The van der Waals surface area contributed by atoms with Gasteiger partial charge in [0, 0.05) is 23.1 Å². The summed E-state index contributed by atoms with van der Waals surface area (Å²) >= 11 is 9.74. The monoisotopic (exact) mass is 327 g/mol. The number of benzene rings is 1. The number of nitrogens with two attached hydrogens (primary N) is 1. The highest BCUT2D eigenvalue weighted by Gasteiger charge is 2.17. The topological polar surface area (TPSA) is 43.8 Å². The lowest BCUT2D eigenvalue weighted by Crippen LogP contribution is -2.14. The first kappa shape index (κ1) is 13.6. The fourth-order valence-corrected chi connectivity index (χ4v) is 2.84. The van der Waals surface area contributed by atoms with Crippen molar-refractivity contribution in [3.63, 3.8) is 0 Å². The summed E-state index contributed by atoms with van der Waals surface area (Å²) in [4.78, 5) is 0. The van der Waals surface area contributed by atoms with Gasteiger partial charge in [0.1, 0.15) is 5.15 Å². The van der Waals surface area contributed by atoms with Gasteiger partial charge in [-0.2, -0.15) is 5.10 Å². The molecule has 0 fully saturated rings. The van der Waals surface area contributed by atoms with Crippen molar-refractivity contribution in [2.45, 2.75) is 19.4 Å². The lowest BCUT2D eigenvalue weighted by molar-refractivity contribution is 0.715. The fraction of sp³-hybridized carbons (Fsp3) is 0.308. The quantitative estimate of drug-likeness (QED) is 0.938. The van der Waals surface area contributed by atoms with Crippen LogP contribution in [0.2, 0.25) is 5.15 Å². The molecule has 0 aliphatic heterocycles. The van der Waals surface area contributed by atoms with E-state index in [1.807, 2.05) is 38.2 Å². The molecule has 0 aliphatic carbocycles. The Kier molecular flexibility index (Phi) is 4.10. The van der Waals surface area contributed by atoms with Gasteiger partial charge >= 0.3 is 0 Å². The second kappa shape index (κ2) is 5.43. The van der Waals surface area contributed by atoms with Gasteiger partial charge in [0.05, 0.1) is 5.69 Å². The molecule has 0 amide bonds. The smallest absolute Gasteiger partial charge is 0.130 e. The van der Waals surface area contributed by atoms with Crippen molar-refractivity contribution < 1.29 is 0 Å². The summed E-state index contributed by atoms with van der Waals surface area (Å²) in [6.45, 7) is 1.95. The number of halogens is 2. The molecule has 2 rings (SSSR count). The second-order valence-corrected chi connectivity index (χ2v) is 5.52. The number of hydrogen-bond donors (Lipinski definition) is 1. The standard InChI is InChI=1S/C13H15BrClN3/c1-8-10(13(15)18(2)17-8)7-12(16)9-5-3-4-6-11(9)14/h3-6,12H,7,16H2,1-2H3. The van der Waals surface area contributed by atoms with Crippen LogP contribution in [0.5, 0.6) is 0 Å². The van der Waals surface area contributed by atoms with E-state index in [0.717, 1.165) is 21.3 Å². The summed E-state index contributed by atoms with van der Waals surface area (Å²) in [5, 5.41) is 4.96. The van der Waals surface area contributed by atoms with Crippen LogP contribution < -0.4 is 5.73 Å². The Hall–Kier alpha value is -0.840. The van der Waals surface area contributed by atoms with Crippen molar-refractivity contribution in [3.05, 3.63) is 50.7 Å². The first-order valence-electron chi connectivity index (χ1n) is 5.68. The number of rotatable bonds is 3. The van der Waals surface area contributed by atoms with E-state index in [1.165, 1.54) is 0 Å². The molecule has 1 unspecified atom stereocenters. The molecule has 0 radical (unpaired) electrons. The highest BCUT2D eigenvalue weighted by molar-refractivity contribution is 9.10. The maximum Gasteiger partial charge on any atom is 0.130 e. The molecule has 0 spiro atoms. The molecule has 0 saturated heterocycles. The van der Waals surface area contributed by atoms with Crippen LogP contribution >= 0.6 is 27.5 Å². The summed E-state index contributed by atoms with van der Waals surface area (Å²) in [7, 11) is 1.84. The number of aryl methyl sites for hydroxylation is 2. The van der Waals surface area contributed by atoms with Crippen LogP contribution in [0.3, 0.4) is 0 Å². The van der Waals surface area contributed by atoms with E-state index in [-0.39, 0.29) is 6.04 Å². The number of aromatic nitrogens is 2. The molecular formula is C13H15BrClN3. The van der Waals surface area contributed by atoms with Crippen LogP contribution in [0.25, 0.3) is 0 Å². The predicted molar refractivity (Wildman–Crippen MR) is 77.7 cm³/mol. The third kappa shape index (κ3) is 2.60. The minimum absolute atomic E-state index is 0.0963. The molecule has 0 bridgehead atoms. The molecule has 0 aliphatic rings. The first-order chi connectivity index (χ1) is 8.50. The van der Waals surface area contributed by atoms with Gasteiger partial charge in [-0.15, -0.1) is 0 Å². The maximum absolute atomic E-state index is 6.25. The summed E-state index contributed by atoms with van der Waals surface area (Å²) in [5.41, 5.74) is 9.28. The Morgan fingerprint density at radius 1 is 1.44 bits per heavy atom. The average molecular weight is 329 g/mol. The van der Waals surface area contributed by atoms with E-state index in [4.69, 9.17) is 17.3 Å². The van der Waals surface area contributed by atoms with Crippen molar-refractivity contribution in [3.8, 4) is 0 Å². The molecule has 1 aromatic carbocycles. The molecule has 1 aromatic heterocycles. The molecule has 2 N–H and O–H groups in total. The number of hydrogen-bond acceptors (Lipinski definition) is 2. The third-order valence-electron chi connectivity index (χ3n) is 3.00. The average Bonchev–Trinajstić information content (AvgIpc) is 2.56. The highest BCUT2D eigenvalue weighted by atomic mass is 79.9. The SMILES string of the molecule is Cc1nn(C)c(Cl)c1CC(N)c1ccccc1Br. The Labute approximate surface area is 120 Å². The van der Waals surface area contributed by atoms with Crippen LogP contribution in [0.1, 0.15) is 22.9 Å². The van der Waals surface area contributed by atoms with Crippen molar-refractivity contribution in [1.82, 2.24) is 9.78 Å². The van der Waals surface area contributed by atoms with E-state index in [0.29, 0.717) is 11.6 Å². The van der Waals surface area contributed by atoms with Crippen molar-refractivity contribution in [2.75, 3.05) is 0 Å². The lowest BCUT2D eigenvalue weighted by atomic mass is 10.0. The summed E-state index contributed by atoms with van der Waals surface area (Å²) in [6.07, 6.45) is 0.682. The molecule has 1 heterocycles. The molecule has 18 heavy (non-hydrogen) atoms. The van der Waals surface area contributed by atoms with E-state index in [2.05, 4.69) is 21.0 Å². The van der Waals surface area contributed by atoms with E-state index < -0.39 is 0 Å². The molecule has 2 aromatic rings. The maximum atomic E-state index is 6.25. The molecule has 1 atom stereocenters. The molecule has 3 nitrogen and oxygen atoms in total. The lowest BCUT2D eigenvalue weighted by Gasteiger charge is -2.13. The van der Waals surface area contributed by atoms with Crippen LogP contribution in [-0.4, -0.2) is 9.78 Å². The minimum Gasteiger partial charge on any atom is -0.324 e. The predicted octanol–water partition coefficient (Wildman–Crippen LogP) is 3.39. The van der Waals surface area contributed by atoms with Crippen LogP contribution in [0.4, 0.5) is 0 Å². The second-order valence-electron chi connectivity index (χ2n) is 4.31. The van der Waals surface area contributed by atoms with Crippen LogP contribution in [0.15, 0.2) is 28.7 Å². The van der Waals surface area contributed by atoms with Gasteiger partial charge in [-0.3, -0.25) is 4.68 Å². The third-order valence-corrected chi connectivity index (χ3v) is 4.19. The van der Waals surface area contributed by atoms with Crippen LogP contribution in [0, 0.1) is 6.92 Å².